The van der Waals surface area contributed by atoms with Gasteiger partial charge in [-0.1, -0.05) is 66.6 Å². The zero-order chi connectivity index (χ0) is 13.0. The molecular formula is C12H15Cl2O2Si. The molecule has 0 amide bonds. The highest BCUT2D eigenvalue weighted by Crippen LogP contribution is 2.31. The highest BCUT2D eigenvalue weighted by atomic mass is 35.5. The Morgan fingerprint density at radius 2 is 1.59 bits per heavy atom. The third-order valence-corrected chi connectivity index (χ3v) is 4.85. The minimum absolute atomic E-state index is 0.0940. The van der Waals surface area contributed by atoms with Crippen LogP contribution in [0.4, 0.5) is 0 Å². The summed E-state index contributed by atoms with van der Waals surface area (Å²) in [5.41, 5.74) is -0.101. The first kappa shape index (κ1) is 14.7. The van der Waals surface area contributed by atoms with Crippen LogP contribution in [-0.4, -0.2) is 24.7 Å². The van der Waals surface area contributed by atoms with Crippen molar-refractivity contribution in [2.45, 2.75) is 24.9 Å². The molecule has 5 heteroatoms. The summed E-state index contributed by atoms with van der Waals surface area (Å²) in [6.07, 6.45) is -0.985. The summed E-state index contributed by atoms with van der Waals surface area (Å²) in [5, 5.41) is 20.1. The second kappa shape index (κ2) is 6.57. The number of benzene rings is 1. The largest absolute Gasteiger partial charge is 0.391 e. The molecular weight excluding hydrogens is 275 g/mol. The van der Waals surface area contributed by atoms with Crippen molar-refractivity contribution in [3.05, 3.63) is 46.0 Å². The molecule has 2 unspecified atom stereocenters. The van der Waals surface area contributed by atoms with Crippen LogP contribution in [0.1, 0.15) is 11.7 Å². The third-order valence-electron chi connectivity index (χ3n) is 2.37. The van der Waals surface area contributed by atoms with Gasteiger partial charge in [-0.3, -0.25) is 0 Å². The van der Waals surface area contributed by atoms with Crippen LogP contribution in [0.5, 0.6) is 0 Å². The highest BCUT2D eigenvalue weighted by Gasteiger charge is 2.22. The van der Waals surface area contributed by atoms with E-state index in [2.05, 4.69) is 0 Å². The van der Waals surface area contributed by atoms with Gasteiger partial charge in [0.15, 0.2) is 0 Å². The van der Waals surface area contributed by atoms with Gasteiger partial charge in [-0.05, 0) is 5.56 Å². The lowest BCUT2D eigenvalue weighted by molar-refractivity contribution is 0.219. The fraction of sp³-hybridized carbons (Fsp3) is 0.333. The van der Waals surface area contributed by atoms with Crippen molar-refractivity contribution in [3.63, 3.8) is 0 Å². The Hall–Kier alpha value is -0.323. The van der Waals surface area contributed by atoms with Crippen molar-refractivity contribution >= 4 is 32.0 Å². The van der Waals surface area contributed by atoms with Crippen LogP contribution >= 0.6 is 23.2 Å². The minimum Gasteiger partial charge on any atom is -0.391 e. The second-order valence-corrected chi connectivity index (χ2v) is 7.50. The maximum Gasteiger partial charge on any atom is 0.116 e. The van der Waals surface area contributed by atoms with Gasteiger partial charge in [-0.2, -0.15) is 0 Å². The van der Waals surface area contributed by atoms with Gasteiger partial charge in [-0.15, -0.1) is 0 Å². The molecule has 0 fully saturated rings. The van der Waals surface area contributed by atoms with Crippen LogP contribution in [-0.2, 0) is 0 Å². The van der Waals surface area contributed by atoms with E-state index in [4.69, 9.17) is 23.2 Å². The van der Waals surface area contributed by atoms with Gasteiger partial charge in [0.25, 0.3) is 0 Å². The zero-order valence-electron chi connectivity index (χ0n) is 9.69. The summed E-state index contributed by atoms with van der Waals surface area (Å²) in [5.74, 6) is 0. The van der Waals surface area contributed by atoms with E-state index in [1.54, 1.807) is 12.1 Å². The van der Waals surface area contributed by atoms with E-state index in [0.29, 0.717) is 5.56 Å². The Morgan fingerprint density at radius 3 is 2.06 bits per heavy atom. The van der Waals surface area contributed by atoms with E-state index >= 15 is 0 Å². The topological polar surface area (TPSA) is 40.5 Å². The number of rotatable bonds is 4. The van der Waals surface area contributed by atoms with Gasteiger partial charge in [0.2, 0.25) is 0 Å². The average molecular weight is 290 g/mol. The van der Waals surface area contributed by atoms with E-state index in [9.17, 15) is 10.2 Å². The van der Waals surface area contributed by atoms with Crippen molar-refractivity contribution in [2.24, 2.45) is 0 Å². The first-order valence-electron chi connectivity index (χ1n) is 5.21. The number of halogens is 2. The monoisotopic (exact) mass is 289 g/mol. The summed E-state index contributed by atoms with van der Waals surface area (Å²) in [7, 11) is -1.00. The molecule has 0 aliphatic carbocycles. The molecule has 0 heterocycles. The molecule has 2 N–H and O–H groups in total. The minimum atomic E-state index is -1.00. The molecule has 0 saturated heterocycles. The maximum absolute atomic E-state index is 10.0. The molecule has 2 nitrogen and oxygen atoms in total. The predicted molar refractivity (Wildman–Crippen MR) is 73.6 cm³/mol. The third kappa shape index (κ3) is 3.83. The molecule has 17 heavy (non-hydrogen) atoms. The molecule has 0 bridgehead atoms. The highest BCUT2D eigenvalue weighted by molar-refractivity contribution is 6.60. The standard InChI is InChI=1S/C12H15Cl2O2Si/c1-17(2)12(16)10(14)9(13)11(15)8-6-4-3-5-7-8/h3-7,11-12,15-16H,1-2H3/b10-9+. The molecule has 0 aliphatic heterocycles. The molecule has 1 radical (unpaired) electrons. The van der Waals surface area contributed by atoms with Gasteiger partial charge < -0.3 is 10.2 Å². The maximum atomic E-state index is 10.0. The molecule has 1 aromatic rings. The van der Waals surface area contributed by atoms with E-state index in [0.717, 1.165) is 0 Å². The summed E-state index contributed by atoms with van der Waals surface area (Å²) in [6.45, 7) is 3.85. The molecule has 93 valence electrons. The molecule has 0 saturated carbocycles. The summed E-state index contributed by atoms with van der Waals surface area (Å²) < 4.78 is 0. The van der Waals surface area contributed by atoms with Crippen LogP contribution in [0.3, 0.4) is 0 Å². The van der Waals surface area contributed by atoms with Crippen molar-refractivity contribution in [1.29, 1.82) is 0 Å². The lowest BCUT2D eigenvalue weighted by Gasteiger charge is -2.17. The summed E-state index contributed by atoms with van der Waals surface area (Å²) in [6, 6.07) is 8.98. The van der Waals surface area contributed by atoms with Crippen LogP contribution in [0.2, 0.25) is 13.1 Å². The number of hydrogen-bond acceptors (Lipinski definition) is 2. The second-order valence-electron chi connectivity index (χ2n) is 3.99. The molecule has 0 spiro atoms. The van der Waals surface area contributed by atoms with E-state index in [1.165, 1.54) is 0 Å². The van der Waals surface area contributed by atoms with Crippen molar-refractivity contribution < 1.29 is 10.2 Å². The van der Waals surface area contributed by atoms with Gasteiger partial charge in [0.05, 0.1) is 24.6 Å². The van der Waals surface area contributed by atoms with Crippen molar-refractivity contribution in [2.75, 3.05) is 0 Å². The number of aliphatic hydroxyl groups is 2. The Morgan fingerprint density at radius 1 is 1.06 bits per heavy atom. The van der Waals surface area contributed by atoms with Gasteiger partial charge in [-0.25, -0.2) is 0 Å². The lowest BCUT2D eigenvalue weighted by Crippen LogP contribution is -2.25. The van der Waals surface area contributed by atoms with Crippen molar-refractivity contribution in [1.82, 2.24) is 0 Å². The molecule has 0 aromatic heterocycles. The van der Waals surface area contributed by atoms with E-state index in [1.807, 2.05) is 31.3 Å². The summed E-state index contributed by atoms with van der Waals surface area (Å²) in [4.78, 5) is 0. The van der Waals surface area contributed by atoms with Crippen molar-refractivity contribution in [3.8, 4) is 0 Å². The Kier molecular flexibility index (Phi) is 5.69. The SMILES string of the molecule is C[Si](C)C(O)/C(Cl)=C(\Cl)C(O)c1ccccc1. The Balaban J connectivity index is 2.96. The van der Waals surface area contributed by atoms with E-state index < -0.39 is 20.6 Å². The normalized spacial score (nSPS) is 16.6. The average Bonchev–Trinajstić information content (AvgIpc) is 2.36. The van der Waals surface area contributed by atoms with Crippen LogP contribution in [0.25, 0.3) is 0 Å². The van der Waals surface area contributed by atoms with Gasteiger partial charge in [0.1, 0.15) is 6.10 Å². The molecule has 2 atom stereocenters. The van der Waals surface area contributed by atoms with E-state index in [-0.39, 0.29) is 10.1 Å². The summed E-state index contributed by atoms with van der Waals surface area (Å²) >= 11 is 12.0. The van der Waals surface area contributed by atoms with Crippen LogP contribution in [0, 0.1) is 0 Å². The number of hydrogen-bond donors (Lipinski definition) is 2. The number of aliphatic hydroxyl groups excluding tert-OH is 2. The van der Waals surface area contributed by atoms with Gasteiger partial charge in [0, 0.05) is 0 Å². The molecule has 0 aliphatic rings. The fourth-order valence-corrected chi connectivity index (χ4v) is 3.04. The predicted octanol–water partition coefficient (Wildman–Crippen LogP) is 3.06. The first-order valence-corrected chi connectivity index (χ1v) is 8.54. The molecule has 1 rings (SSSR count). The van der Waals surface area contributed by atoms with Crippen LogP contribution < -0.4 is 0 Å². The Bertz CT molecular complexity index is 393. The zero-order valence-corrected chi connectivity index (χ0v) is 12.2. The fourth-order valence-electron chi connectivity index (χ4n) is 1.30. The molecule has 1 aromatic carbocycles. The van der Waals surface area contributed by atoms with Gasteiger partial charge >= 0.3 is 0 Å². The smallest absolute Gasteiger partial charge is 0.116 e. The Labute approximate surface area is 113 Å². The lowest BCUT2D eigenvalue weighted by atomic mass is 10.1. The first-order chi connectivity index (χ1) is 7.95. The quantitative estimate of drug-likeness (QED) is 0.837. The van der Waals surface area contributed by atoms with Crippen LogP contribution in [0.15, 0.2) is 40.4 Å².